The molecular weight excluding hydrogens is 562 g/mol. The highest BCUT2D eigenvalue weighted by atomic mass is 32.1. The number of carbonyl (C=O) groups excluding carboxylic acids is 2. The number of thiocarbonyl (C=S) groups is 1. The molecule has 216 valence electrons. The van der Waals surface area contributed by atoms with Crippen molar-refractivity contribution in [3.8, 4) is 6.07 Å². The Hall–Kier alpha value is -3.67. The van der Waals surface area contributed by atoms with Crippen LogP contribution in [0, 0.1) is 17.1 Å². The number of anilines is 2. The van der Waals surface area contributed by atoms with Crippen LogP contribution in [0.15, 0.2) is 30.5 Å². The van der Waals surface area contributed by atoms with Gasteiger partial charge in [0.1, 0.15) is 17.4 Å². The van der Waals surface area contributed by atoms with Crippen molar-refractivity contribution in [1.82, 2.24) is 20.1 Å². The number of piperazine rings is 1. The van der Waals surface area contributed by atoms with E-state index in [-0.39, 0.29) is 22.1 Å². The van der Waals surface area contributed by atoms with Gasteiger partial charge >= 0.3 is 6.18 Å². The molecule has 3 heterocycles. The molecule has 1 aromatic heterocycles. The van der Waals surface area contributed by atoms with Crippen molar-refractivity contribution in [2.75, 3.05) is 56.1 Å². The lowest BCUT2D eigenvalue weighted by molar-refractivity contribution is -0.138. The Balaban J connectivity index is 1.36. The van der Waals surface area contributed by atoms with Gasteiger partial charge in [0.25, 0.3) is 11.8 Å². The number of benzene rings is 1. The second-order valence-electron chi connectivity index (χ2n) is 10.4. The molecule has 3 fully saturated rings. The van der Waals surface area contributed by atoms with E-state index in [1.165, 1.54) is 23.1 Å². The first-order valence-electron chi connectivity index (χ1n) is 13.1. The van der Waals surface area contributed by atoms with Gasteiger partial charge in [-0.15, -0.1) is 0 Å². The van der Waals surface area contributed by atoms with Crippen LogP contribution in [0.5, 0.6) is 0 Å². The van der Waals surface area contributed by atoms with Gasteiger partial charge in [0, 0.05) is 45.0 Å². The number of likely N-dealkylation sites (N-methyl/N-ethyl adjacent to an activating group) is 1. The first-order chi connectivity index (χ1) is 19.5. The van der Waals surface area contributed by atoms with Gasteiger partial charge in [-0.1, -0.05) is 0 Å². The molecule has 0 atom stereocenters. The summed E-state index contributed by atoms with van der Waals surface area (Å²) in [5, 5.41) is 11.7. The van der Waals surface area contributed by atoms with Gasteiger partial charge in [-0.3, -0.25) is 19.4 Å². The van der Waals surface area contributed by atoms with Crippen molar-refractivity contribution in [3.63, 3.8) is 0 Å². The predicted molar refractivity (Wildman–Crippen MR) is 146 cm³/mol. The van der Waals surface area contributed by atoms with E-state index in [0.717, 1.165) is 43.3 Å². The minimum atomic E-state index is -4.88. The highest BCUT2D eigenvalue weighted by Gasteiger charge is 2.60. The maximum absolute atomic E-state index is 15.3. The highest BCUT2D eigenvalue weighted by molar-refractivity contribution is 7.81. The van der Waals surface area contributed by atoms with E-state index in [2.05, 4.69) is 27.1 Å². The number of carbonyl (C=O) groups is 2. The lowest BCUT2D eigenvalue weighted by Crippen LogP contribution is -2.55. The summed E-state index contributed by atoms with van der Waals surface area (Å²) in [7, 11) is 2.05. The van der Waals surface area contributed by atoms with Gasteiger partial charge in [0.15, 0.2) is 10.8 Å². The number of alkyl halides is 3. The molecule has 9 nitrogen and oxygen atoms in total. The lowest BCUT2D eigenvalue weighted by atomic mass is 9.75. The molecule has 41 heavy (non-hydrogen) atoms. The SMILES string of the molecule is CN1CCN(CCNC(=O)c2ccc(N3C(=S)N(c4cnc(C#N)c(C(F)(F)F)c4)C(=O)C34CCC4)cc2F)CC1. The third kappa shape index (κ3) is 5.25. The number of amides is 2. The molecule has 1 aliphatic carbocycles. The van der Waals surface area contributed by atoms with E-state index in [1.54, 1.807) is 0 Å². The van der Waals surface area contributed by atoms with Gasteiger partial charge in [-0.25, -0.2) is 9.37 Å². The first kappa shape index (κ1) is 28.8. The van der Waals surface area contributed by atoms with E-state index in [9.17, 15) is 22.8 Å². The number of hydrogen-bond acceptors (Lipinski definition) is 7. The van der Waals surface area contributed by atoms with Crippen molar-refractivity contribution >= 4 is 40.5 Å². The number of nitriles is 1. The predicted octanol–water partition coefficient (Wildman–Crippen LogP) is 3.15. The molecule has 2 saturated heterocycles. The van der Waals surface area contributed by atoms with Crippen LogP contribution in [0.2, 0.25) is 0 Å². The summed E-state index contributed by atoms with van der Waals surface area (Å²) >= 11 is 5.55. The second kappa shape index (κ2) is 11.0. The molecular formula is C27H27F4N7O2S. The number of nitrogens with one attached hydrogen (secondary N) is 1. The molecule has 2 aliphatic heterocycles. The number of aromatic nitrogens is 1. The second-order valence-corrected chi connectivity index (χ2v) is 10.8. The van der Waals surface area contributed by atoms with Gasteiger partial charge in [-0.05, 0) is 62.8 Å². The van der Waals surface area contributed by atoms with Crippen LogP contribution in [-0.4, -0.2) is 83.6 Å². The van der Waals surface area contributed by atoms with Crippen molar-refractivity contribution in [1.29, 1.82) is 5.26 Å². The molecule has 14 heteroatoms. The molecule has 1 spiro atoms. The smallest absolute Gasteiger partial charge is 0.351 e. The van der Waals surface area contributed by atoms with Crippen LogP contribution >= 0.6 is 12.2 Å². The van der Waals surface area contributed by atoms with Crippen LogP contribution in [0.4, 0.5) is 28.9 Å². The Bertz CT molecular complexity index is 1430. The summed E-state index contributed by atoms with van der Waals surface area (Å²) in [6.07, 6.45) is -2.52. The van der Waals surface area contributed by atoms with Crippen LogP contribution < -0.4 is 15.1 Å². The molecule has 2 amide bonds. The molecule has 0 unspecified atom stereocenters. The van der Waals surface area contributed by atoms with E-state index < -0.39 is 40.6 Å². The molecule has 0 radical (unpaired) electrons. The third-order valence-electron chi connectivity index (χ3n) is 7.90. The first-order valence-corrected chi connectivity index (χ1v) is 13.5. The summed E-state index contributed by atoms with van der Waals surface area (Å²) < 4.78 is 56.0. The van der Waals surface area contributed by atoms with Crippen molar-refractivity contribution in [2.24, 2.45) is 0 Å². The summed E-state index contributed by atoms with van der Waals surface area (Å²) in [5.41, 5.74) is -3.51. The maximum atomic E-state index is 15.3. The molecule has 1 aromatic carbocycles. The van der Waals surface area contributed by atoms with Gasteiger partial charge in [0.2, 0.25) is 0 Å². The van der Waals surface area contributed by atoms with E-state index >= 15 is 4.39 Å². The van der Waals surface area contributed by atoms with Crippen LogP contribution in [-0.2, 0) is 11.0 Å². The fourth-order valence-corrected chi connectivity index (χ4v) is 5.88. The minimum absolute atomic E-state index is 0.141. The van der Waals surface area contributed by atoms with Crippen molar-refractivity contribution < 1.29 is 27.2 Å². The normalized spacial score (nSPS) is 19.4. The van der Waals surface area contributed by atoms with E-state index in [0.29, 0.717) is 38.4 Å². The Kier molecular flexibility index (Phi) is 7.71. The Morgan fingerprint density at radius 1 is 1.17 bits per heavy atom. The zero-order valence-electron chi connectivity index (χ0n) is 22.2. The number of pyridine rings is 1. The Morgan fingerprint density at radius 3 is 2.46 bits per heavy atom. The number of hydrogen-bond donors (Lipinski definition) is 1. The summed E-state index contributed by atoms with van der Waals surface area (Å²) in [4.78, 5) is 36.8. The average molecular weight is 590 g/mol. The Labute approximate surface area is 239 Å². The zero-order chi connectivity index (χ0) is 29.5. The highest BCUT2D eigenvalue weighted by Crippen LogP contribution is 2.48. The largest absolute Gasteiger partial charge is 0.419 e. The molecule has 3 aliphatic rings. The summed E-state index contributed by atoms with van der Waals surface area (Å²) in [6.45, 7) is 4.65. The fraction of sp³-hybridized carbons (Fsp3) is 0.444. The van der Waals surface area contributed by atoms with E-state index in [4.69, 9.17) is 17.5 Å². The monoisotopic (exact) mass is 589 g/mol. The molecule has 5 rings (SSSR count). The summed E-state index contributed by atoms with van der Waals surface area (Å²) in [5.74, 6) is -1.95. The zero-order valence-corrected chi connectivity index (χ0v) is 23.0. The topological polar surface area (TPSA) is 95.8 Å². The van der Waals surface area contributed by atoms with Crippen molar-refractivity contribution in [2.45, 2.75) is 31.0 Å². The molecule has 2 aromatic rings. The van der Waals surface area contributed by atoms with Gasteiger partial charge < -0.3 is 15.1 Å². The number of rotatable bonds is 6. The fourth-order valence-electron chi connectivity index (χ4n) is 5.41. The van der Waals surface area contributed by atoms with Crippen LogP contribution in [0.25, 0.3) is 0 Å². The van der Waals surface area contributed by atoms with Crippen LogP contribution in [0.3, 0.4) is 0 Å². The average Bonchev–Trinajstić information content (AvgIpc) is 3.15. The Morgan fingerprint density at radius 2 is 1.88 bits per heavy atom. The summed E-state index contributed by atoms with van der Waals surface area (Å²) in [6, 6.07) is 5.97. The number of halogens is 4. The lowest BCUT2D eigenvalue weighted by Gasteiger charge is -2.43. The third-order valence-corrected chi connectivity index (χ3v) is 8.27. The molecule has 0 bridgehead atoms. The number of nitrogens with zero attached hydrogens (tertiary/aromatic N) is 6. The maximum Gasteiger partial charge on any atom is 0.419 e. The van der Waals surface area contributed by atoms with Gasteiger partial charge in [-0.2, -0.15) is 18.4 Å². The quantitative estimate of drug-likeness (QED) is 0.406. The molecule has 1 saturated carbocycles. The van der Waals surface area contributed by atoms with Crippen molar-refractivity contribution in [3.05, 3.63) is 53.1 Å². The molecule has 1 N–H and O–H groups in total. The van der Waals surface area contributed by atoms with Gasteiger partial charge in [0.05, 0.1) is 23.0 Å². The van der Waals surface area contributed by atoms with Crippen LogP contribution in [0.1, 0.15) is 40.9 Å². The standard InChI is InChI=1S/C27H27F4N7O2S/c1-35-9-11-36(12-10-35)8-7-33-23(39)19-4-3-17(14-21(19)28)38-25(41)37(24(40)26(38)5-2-6-26)18-13-20(27(29,30)31)22(15-32)34-16-18/h3-4,13-14,16H,2,5-12H2,1H3,(H,33,39). The minimum Gasteiger partial charge on any atom is -0.351 e. The van der Waals surface area contributed by atoms with E-state index in [1.807, 2.05) is 0 Å².